The molecule has 3 rings (SSSR count). The molecule has 1 fully saturated rings. The summed E-state index contributed by atoms with van der Waals surface area (Å²) in [7, 11) is 1.42. The average molecular weight is 1530 g/mol. The van der Waals surface area contributed by atoms with E-state index in [0.29, 0.717) is 56.9 Å². The first-order chi connectivity index (χ1) is 50.5. The van der Waals surface area contributed by atoms with Crippen LogP contribution in [0.5, 0.6) is 0 Å². The van der Waals surface area contributed by atoms with Crippen LogP contribution in [-0.4, -0.2) is 228 Å². The summed E-state index contributed by atoms with van der Waals surface area (Å²) >= 11 is 1.10. The highest BCUT2D eigenvalue weighted by molar-refractivity contribution is 8.03. The molecule has 1 aliphatic carbocycles. The molecular weight excluding hydrogens is 1400 g/mol. The highest BCUT2D eigenvalue weighted by Crippen LogP contribution is 2.40. The number of cyclic esters (lactones) is 1. The van der Waals surface area contributed by atoms with Crippen LogP contribution in [0.25, 0.3) is 0 Å². The van der Waals surface area contributed by atoms with Crippen LogP contribution in [0.4, 0.5) is 0 Å². The maximum atomic E-state index is 14.0. The SMILES string of the molecule is CO[C@H](CC[C@@H](C)/C=C/C=C/[C@H]1C[C@@H](O)C[C@@H](O)CCCC[C@H](C)CC[C@@H](O)C[C@@H](O)C\C=C/C=C\C=C/[C@H](O)CC(=O)C[C@H](O)C/C=C\C=C/[C@@H](O)C[C@H](O)C[C@@H](O)CC[C@H](C)[C@H](O)C[C@@H](O)[C@@H](C)[C@H](O)/C(C)=C\C=C/[C@H](C)[C@@H](O)[C@H](C)[C@H]2O[C@@](O)(CC(=O)O1)C[C@H](O)[C@@H]2C)C1=C(SC)C(=O)C=C(O)C1=O. The third-order valence-electron chi connectivity index (χ3n) is 20.8. The van der Waals surface area contributed by atoms with Crippen molar-refractivity contribution in [3.05, 3.63) is 131 Å². The normalized spacial score (nSPS) is 38.8. The van der Waals surface area contributed by atoms with E-state index in [0.717, 1.165) is 30.7 Å². The molecule has 107 heavy (non-hydrogen) atoms. The maximum absolute atomic E-state index is 14.0. The number of allylic oxidation sites excluding steroid dienone is 14. The molecule has 0 aromatic carbocycles. The molecule has 3 aliphatic rings. The first kappa shape index (κ1) is 96.3. The number of thioether (sulfide) groups is 1. The van der Waals surface area contributed by atoms with E-state index in [-0.39, 0.29) is 105 Å². The lowest BCUT2D eigenvalue weighted by atomic mass is 9.78. The number of aliphatic hydroxyl groups excluding tert-OH is 15. The minimum absolute atomic E-state index is 0.0386. The number of ketones is 3. The average Bonchev–Trinajstić information content (AvgIpc) is 0.797. The predicted molar refractivity (Wildman–Crippen MR) is 413 cm³/mol. The molecule has 2 bridgehead atoms. The fraction of sp³-hybridized carbons (Fsp3) is 0.687. The Morgan fingerprint density at radius 1 is 0.607 bits per heavy atom. The Kier molecular flexibility index (Phi) is 45.8. The summed E-state index contributed by atoms with van der Waals surface area (Å²) in [5.41, 5.74) is 0.579. The van der Waals surface area contributed by atoms with Gasteiger partial charge in [0.25, 0.3) is 0 Å². The molecule has 608 valence electrons. The molecule has 16 N–H and O–H groups in total. The molecule has 23 nitrogen and oxygen atoms in total. The lowest BCUT2D eigenvalue weighted by Gasteiger charge is -2.46. The summed E-state index contributed by atoms with van der Waals surface area (Å²) in [6.45, 7) is 14.2. The molecule has 25 atom stereocenters. The van der Waals surface area contributed by atoms with Crippen LogP contribution in [0.2, 0.25) is 0 Å². The van der Waals surface area contributed by atoms with Gasteiger partial charge in [0.05, 0.1) is 109 Å². The zero-order valence-electron chi connectivity index (χ0n) is 64.7. The number of ether oxygens (including phenoxy) is 3. The van der Waals surface area contributed by atoms with Gasteiger partial charge in [0.15, 0.2) is 17.3 Å². The number of fused-ring (bicyclic) bond motifs is 2. The fourth-order valence-corrected chi connectivity index (χ4v) is 14.4. The van der Waals surface area contributed by atoms with E-state index < -0.39 is 163 Å². The van der Waals surface area contributed by atoms with Crippen molar-refractivity contribution in [2.45, 2.75) is 306 Å². The minimum atomic E-state index is -2.25. The second-order valence-electron chi connectivity index (χ2n) is 30.6. The van der Waals surface area contributed by atoms with Crippen LogP contribution in [0.1, 0.15) is 197 Å². The summed E-state index contributed by atoms with van der Waals surface area (Å²) in [5, 5.41) is 175. The number of hydrogen-bond donors (Lipinski definition) is 16. The number of hydrogen-bond acceptors (Lipinski definition) is 24. The number of rotatable bonds is 9. The monoisotopic (exact) mass is 1530 g/mol. The van der Waals surface area contributed by atoms with Gasteiger partial charge < -0.3 is 95.9 Å². The number of aliphatic hydroxyl groups is 16. The van der Waals surface area contributed by atoms with E-state index in [1.807, 2.05) is 13.0 Å². The van der Waals surface area contributed by atoms with E-state index >= 15 is 0 Å². The van der Waals surface area contributed by atoms with Gasteiger partial charge in [0, 0.05) is 74.5 Å². The second-order valence-corrected chi connectivity index (χ2v) is 31.4. The van der Waals surface area contributed by atoms with Crippen LogP contribution >= 0.6 is 11.8 Å². The van der Waals surface area contributed by atoms with E-state index in [2.05, 4.69) is 6.92 Å². The molecule has 2 heterocycles. The van der Waals surface area contributed by atoms with Gasteiger partial charge in [-0.05, 0) is 126 Å². The Hall–Kier alpha value is -4.91. The molecule has 0 unspecified atom stereocenters. The Balaban J connectivity index is 1.80. The van der Waals surface area contributed by atoms with E-state index in [1.54, 1.807) is 127 Å². The van der Waals surface area contributed by atoms with Crippen LogP contribution < -0.4 is 0 Å². The first-order valence-electron chi connectivity index (χ1n) is 38.5. The number of esters is 1. The van der Waals surface area contributed by atoms with Crippen LogP contribution in [0, 0.1) is 41.4 Å². The minimum Gasteiger partial charge on any atom is -0.504 e. The summed E-state index contributed by atoms with van der Waals surface area (Å²) in [6, 6.07) is 0. The van der Waals surface area contributed by atoms with Gasteiger partial charge in [-0.2, -0.15) is 0 Å². The van der Waals surface area contributed by atoms with Crippen molar-refractivity contribution >= 4 is 35.1 Å². The van der Waals surface area contributed by atoms with Crippen molar-refractivity contribution in [2.75, 3.05) is 13.4 Å². The van der Waals surface area contributed by atoms with Crippen molar-refractivity contribution in [1.29, 1.82) is 0 Å². The van der Waals surface area contributed by atoms with Crippen LogP contribution in [-0.2, 0) is 33.4 Å². The molecule has 0 aromatic heterocycles. The van der Waals surface area contributed by atoms with Crippen molar-refractivity contribution < 1.29 is 115 Å². The van der Waals surface area contributed by atoms with Crippen LogP contribution in [0.3, 0.4) is 0 Å². The first-order valence-corrected chi connectivity index (χ1v) is 39.7. The van der Waals surface area contributed by atoms with Gasteiger partial charge in [0.1, 0.15) is 11.9 Å². The Morgan fingerprint density at radius 3 is 1.88 bits per heavy atom. The number of methoxy groups -OCH3 is 1. The molecular formula is C83H132O23S. The molecule has 0 radical (unpaired) electrons. The lowest BCUT2D eigenvalue weighted by molar-refractivity contribution is -0.302. The zero-order chi connectivity index (χ0) is 80.1. The lowest BCUT2D eigenvalue weighted by Crippen LogP contribution is -2.55. The van der Waals surface area contributed by atoms with Crippen molar-refractivity contribution in [2.24, 2.45) is 41.4 Å². The number of Topliss-reactive ketones (excluding diaryl/α,β-unsaturated/α-hetero) is 2. The summed E-state index contributed by atoms with van der Waals surface area (Å²) in [6.07, 6.45) is 17.2. The standard InChI is InChI=1S/C83H132O23S/c1-51-24-19-21-32-63(88)44-68(93)46-69(33-22-20-25-52(2)35-39-75(104-9)77-80(102)72(96)48-73(97)82(77)107-10)105-76(99)50-83(103)49-74(98)57(7)81(106-83)58(8)79(101)55(5)27-23-26-54(4)78(100)56(6)71(95)47-70(94)53(3)36-38-65(90)45-67(92)43-62(87)31-18-14-17-30-61(86)42-66(91)41-60(85)29-16-13-11-12-15-28-59(84)40-64(89)37-34-51/h11-18,20,22-23,25-27,29,31,33,48,51-53,55-65,67-71,74-75,78-79,81,84-90,92-96,98,100-101,103H,19,21,24,28,30,32,34-47,49-50H2,1-10H3/b13-11-,15-12-,17-14-,25-20+,27-23-,29-16-,31-18-,33-22+,54-26-/t51-,52-,53-,55-,56+,57-,58-,59-,60-,61+,62+,63-,64+,65-,67-,68-,69-,70+,71+,74-,75+,78+,79+,81-,83+/m0/s1. The van der Waals surface area contributed by atoms with E-state index in [9.17, 15) is 101 Å². The number of carbonyl (C=O) groups excluding carboxylic acids is 4. The predicted octanol–water partition coefficient (Wildman–Crippen LogP) is 8.28. The third-order valence-corrected chi connectivity index (χ3v) is 21.6. The molecule has 24 heteroatoms. The van der Waals surface area contributed by atoms with Gasteiger partial charge >= 0.3 is 5.97 Å². The smallest absolute Gasteiger partial charge is 0.311 e. The van der Waals surface area contributed by atoms with Gasteiger partial charge in [-0.25, -0.2) is 0 Å². The summed E-state index contributed by atoms with van der Waals surface area (Å²) in [4.78, 5) is 52.4. The summed E-state index contributed by atoms with van der Waals surface area (Å²) in [5.74, 6) is -8.18. The van der Waals surface area contributed by atoms with Crippen molar-refractivity contribution in [3.63, 3.8) is 0 Å². The topological polar surface area (TPSA) is 420 Å². The van der Waals surface area contributed by atoms with Crippen molar-refractivity contribution in [1.82, 2.24) is 0 Å². The van der Waals surface area contributed by atoms with Gasteiger partial charge in [0.2, 0.25) is 5.78 Å². The molecule has 0 saturated carbocycles. The molecule has 1 saturated heterocycles. The molecule has 0 aromatic rings. The van der Waals surface area contributed by atoms with E-state index in [4.69, 9.17) is 14.2 Å². The Morgan fingerprint density at radius 2 is 1.21 bits per heavy atom. The maximum Gasteiger partial charge on any atom is 0.311 e. The van der Waals surface area contributed by atoms with Gasteiger partial charge in [-0.15, -0.1) is 11.8 Å². The largest absolute Gasteiger partial charge is 0.504 e. The quantitative estimate of drug-likeness (QED) is 0.0586. The molecule has 0 spiro atoms. The third kappa shape index (κ3) is 37.3. The highest BCUT2D eigenvalue weighted by Gasteiger charge is 2.49. The molecule has 0 amide bonds. The Labute approximate surface area is 639 Å². The fourth-order valence-electron chi connectivity index (χ4n) is 13.7. The van der Waals surface area contributed by atoms with Gasteiger partial charge in [-0.1, -0.05) is 165 Å². The highest BCUT2D eigenvalue weighted by atomic mass is 32.2. The molecule has 2 aliphatic heterocycles. The Bertz CT molecular complexity index is 2990. The second kappa shape index (κ2) is 50.9. The van der Waals surface area contributed by atoms with Crippen LogP contribution in [0.15, 0.2) is 131 Å². The van der Waals surface area contributed by atoms with Crippen molar-refractivity contribution in [3.8, 4) is 0 Å². The summed E-state index contributed by atoms with van der Waals surface area (Å²) < 4.78 is 17.8. The zero-order valence-corrected chi connectivity index (χ0v) is 65.5. The number of carbonyl (C=O) groups is 4. The van der Waals surface area contributed by atoms with Gasteiger partial charge in [-0.3, -0.25) is 19.2 Å². The van der Waals surface area contributed by atoms with E-state index in [1.165, 1.54) is 25.3 Å².